The van der Waals surface area contributed by atoms with Gasteiger partial charge >= 0.3 is 0 Å². The van der Waals surface area contributed by atoms with E-state index in [0.717, 1.165) is 42.5 Å². The minimum absolute atomic E-state index is 0.0392. The molecule has 2 amide bonds. The van der Waals surface area contributed by atoms with Crippen molar-refractivity contribution < 1.29 is 19.1 Å². The van der Waals surface area contributed by atoms with Gasteiger partial charge in [0.05, 0.1) is 25.3 Å². The van der Waals surface area contributed by atoms with Crippen LogP contribution in [0.2, 0.25) is 0 Å². The van der Waals surface area contributed by atoms with Crippen LogP contribution in [-0.2, 0) is 0 Å². The zero-order chi connectivity index (χ0) is 23.5. The van der Waals surface area contributed by atoms with Crippen LogP contribution >= 0.6 is 0 Å². The summed E-state index contributed by atoms with van der Waals surface area (Å²) < 4.78 is 10.6. The highest BCUT2D eigenvalue weighted by atomic mass is 16.5. The molecule has 1 saturated carbocycles. The molecule has 3 aromatic rings. The molecule has 8 nitrogen and oxygen atoms in total. The normalized spacial score (nSPS) is 18.1. The average Bonchev–Trinajstić information content (AvgIpc) is 3.26. The van der Waals surface area contributed by atoms with Crippen molar-refractivity contribution in [3.8, 4) is 11.5 Å². The summed E-state index contributed by atoms with van der Waals surface area (Å²) in [5, 5.41) is 3.17. The van der Waals surface area contributed by atoms with E-state index in [0.29, 0.717) is 22.6 Å². The summed E-state index contributed by atoms with van der Waals surface area (Å²) in [7, 11) is 6.61. The Hall–Kier alpha value is -3.55. The lowest BCUT2D eigenvalue weighted by atomic mass is 9.85. The summed E-state index contributed by atoms with van der Waals surface area (Å²) in [6.45, 7) is 0. The number of aromatic nitrogens is 2. The van der Waals surface area contributed by atoms with Gasteiger partial charge in [-0.15, -0.1) is 0 Å². The summed E-state index contributed by atoms with van der Waals surface area (Å²) >= 11 is 0. The standard InChI is InChI=1S/C25H30N4O4/c1-29(2)25(31)16-8-9-21-22(13-16)28-23(27-21)15-6-5-7-18(10-15)26-24(30)17-11-19(32-3)14-20(12-17)33-4/h8-9,11-15,18H,5-7,10H2,1-4H3,(H,26,30)(H,27,28)/t15?,18-/m1/s1. The number of rotatable bonds is 6. The second-order valence-corrected chi connectivity index (χ2v) is 8.69. The van der Waals surface area contributed by atoms with Gasteiger partial charge in [0.1, 0.15) is 17.3 Å². The van der Waals surface area contributed by atoms with E-state index in [1.807, 2.05) is 18.2 Å². The lowest BCUT2D eigenvalue weighted by Gasteiger charge is -2.28. The maximum Gasteiger partial charge on any atom is 0.253 e. The summed E-state index contributed by atoms with van der Waals surface area (Å²) in [6.07, 6.45) is 3.72. The van der Waals surface area contributed by atoms with Crippen molar-refractivity contribution in [1.82, 2.24) is 20.2 Å². The van der Waals surface area contributed by atoms with Gasteiger partial charge in [0.2, 0.25) is 0 Å². The van der Waals surface area contributed by atoms with Crippen LogP contribution in [0.4, 0.5) is 0 Å². The number of aromatic amines is 1. The van der Waals surface area contributed by atoms with E-state index >= 15 is 0 Å². The van der Waals surface area contributed by atoms with Crippen molar-refractivity contribution in [2.24, 2.45) is 0 Å². The first-order valence-corrected chi connectivity index (χ1v) is 11.1. The molecule has 0 spiro atoms. The molecule has 4 rings (SSSR count). The van der Waals surface area contributed by atoms with Crippen LogP contribution in [0.25, 0.3) is 11.0 Å². The van der Waals surface area contributed by atoms with E-state index in [9.17, 15) is 9.59 Å². The summed E-state index contributed by atoms with van der Waals surface area (Å²) in [5.41, 5.74) is 2.84. The lowest BCUT2D eigenvalue weighted by molar-refractivity contribution is 0.0827. The molecular weight excluding hydrogens is 420 g/mol. The molecule has 1 unspecified atom stereocenters. The third kappa shape index (κ3) is 4.94. The summed E-state index contributed by atoms with van der Waals surface area (Å²) in [4.78, 5) is 34.9. The fourth-order valence-electron chi connectivity index (χ4n) is 4.39. The van der Waals surface area contributed by atoms with Gasteiger partial charge in [0.25, 0.3) is 11.8 Å². The third-order valence-electron chi connectivity index (χ3n) is 6.16. The van der Waals surface area contributed by atoms with Crippen LogP contribution in [0.5, 0.6) is 11.5 Å². The van der Waals surface area contributed by atoms with E-state index < -0.39 is 0 Å². The molecule has 0 bridgehead atoms. The quantitative estimate of drug-likeness (QED) is 0.596. The van der Waals surface area contributed by atoms with E-state index in [2.05, 4.69) is 10.3 Å². The molecule has 1 fully saturated rings. The zero-order valence-corrected chi connectivity index (χ0v) is 19.5. The van der Waals surface area contributed by atoms with Gasteiger partial charge < -0.3 is 24.7 Å². The molecule has 8 heteroatoms. The zero-order valence-electron chi connectivity index (χ0n) is 19.5. The number of carbonyl (C=O) groups is 2. The van der Waals surface area contributed by atoms with Crippen LogP contribution in [0.15, 0.2) is 36.4 Å². The van der Waals surface area contributed by atoms with Crippen LogP contribution < -0.4 is 14.8 Å². The number of nitrogens with zero attached hydrogens (tertiary/aromatic N) is 2. The number of imidazole rings is 1. The fraction of sp³-hybridized carbons (Fsp3) is 0.400. The van der Waals surface area contributed by atoms with E-state index in [4.69, 9.17) is 14.5 Å². The Morgan fingerprint density at radius 1 is 1.03 bits per heavy atom. The van der Waals surface area contributed by atoms with Gasteiger partial charge in [0.15, 0.2) is 0 Å². The van der Waals surface area contributed by atoms with E-state index in [1.165, 1.54) is 0 Å². The third-order valence-corrected chi connectivity index (χ3v) is 6.16. The van der Waals surface area contributed by atoms with Gasteiger partial charge in [-0.2, -0.15) is 0 Å². The van der Waals surface area contributed by atoms with Crippen LogP contribution in [0, 0.1) is 0 Å². The van der Waals surface area contributed by atoms with Gasteiger partial charge in [-0.25, -0.2) is 4.98 Å². The molecule has 0 saturated heterocycles. The predicted octanol–water partition coefficient (Wildman–Crippen LogP) is 3.74. The van der Waals surface area contributed by atoms with E-state index in [1.54, 1.807) is 51.4 Å². The Balaban J connectivity index is 1.48. The first-order chi connectivity index (χ1) is 15.9. The number of nitrogens with one attached hydrogen (secondary N) is 2. The minimum atomic E-state index is -0.144. The summed E-state index contributed by atoms with van der Waals surface area (Å²) in [6, 6.07) is 10.8. The molecule has 1 aliphatic carbocycles. The van der Waals surface area contributed by atoms with Crippen LogP contribution in [0.1, 0.15) is 58.1 Å². The molecule has 2 aromatic carbocycles. The monoisotopic (exact) mass is 450 g/mol. The van der Waals surface area contributed by atoms with Gasteiger partial charge in [-0.3, -0.25) is 9.59 Å². The summed E-state index contributed by atoms with van der Waals surface area (Å²) in [5.74, 6) is 2.09. The van der Waals surface area contributed by atoms with E-state index in [-0.39, 0.29) is 23.8 Å². The molecule has 2 atom stereocenters. The number of hydrogen-bond donors (Lipinski definition) is 2. The number of benzene rings is 2. The minimum Gasteiger partial charge on any atom is -0.497 e. The maximum atomic E-state index is 12.9. The number of hydrogen-bond acceptors (Lipinski definition) is 5. The molecule has 1 aromatic heterocycles. The van der Waals surface area contributed by atoms with Crippen molar-refractivity contribution in [2.75, 3.05) is 28.3 Å². The first kappa shape index (κ1) is 22.6. The van der Waals surface area contributed by atoms with Crippen molar-refractivity contribution in [3.05, 3.63) is 53.3 Å². The molecular formula is C25H30N4O4. The number of ether oxygens (including phenoxy) is 2. The van der Waals surface area contributed by atoms with Crippen LogP contribution in [0.3, 0.4) is 0 Å². The lowest BCUT2D eigenvalue weighted by Crippen LogP contribution is -2.38. The SMILES string of the molecule is COc1cc(OC)cc(C(=O)N[C@@H]2CCCC(c3nc4ccc(C(=O)N(C)C)cc4[nH]3)C2)c1. The number of H-pyrrole nitrogens is 1. The Labute approximate surface area is 193 Å². The molecule has 2 N–H and O–H groups in total. The number of fused-ring (bicyclic) bond motifs is 1. The molecule has 1 aliphatic rings. The number of carbonyl (C=O) groups excluding carboxylic acids is 2. The highest BCUT2D eigenvalue weighted by molar-refractivity contribution is 5.97. The Kier molecular flexibility index (Phi) is 6.53. The van der Waals surface area contributed by atoms with Gasteiger partial charge in [0, 0.05) is 43.2 Å². The average molecular weight is 451 g/mol. The predicted molar refractivity (Wildman–Crippen MR) is 126 cm³/mol. The number of amides is 2. The molecule has 0 radical (unpaired) electrons. The largest absolute Gasteiger partial charge is 0.497 e. The highest BCUT2D eigenvalue weighted by Gasteiger charge is 2.27. The topological polar surface area (TPSA) is 96.6 Å². The van der Waals surface area contributed by atoms with Crippen molar-refractivity contribution in [2.45, 2.75) is 37.6 Å². The van der Waals surface area contributed by atoms with Gasteiger partial charge in [-0.1, -0.05) is 6.42 Å². The molecule has 174 valence electrons. The number of methoxy groups -OCH3 is 2. The Bertz CT molecular complexity index is 1150. The molecule has 1 heterocycles. The van der Waals surface area contributed by atoms with Gasteiger partial charge in [-0.05, 0) is 49.6 Å². The van der Waals surface area contributed by atoms with Crippen molar-refractivity contribution in [3.63, 3.8) is 0 Å². The maximum absolute atomic E-state index is 12.9. The Morgan fingerprint density at radius 3 is 2.42 bits per heavy atom. The van der Waals surface area contributed by atoms with Crippen molar-refractivity contribution >= 4 is 22.8 Å². The first-order valence-electron chi connectivity index (χ1n) is 11.1. The molecule has 0 aliphatic heterocycles. The van der Waals surface area contributed by atoms with Crippen LogP contribution in [-0.4, -0.2) is 61.0 Å². The van der Waals surface area contributed by atoms with Crippen molar-refractivity contribution in [1.29, 1.82) is 0 Å². The smallest absolute Gasteiger partial charge is 0.253 e. The second-order valence-electron chi connectivity index (χ2n) is 8.69. The second kappa shape index (κ2) is 9.52. The highest BCUT2D eigenvalue weighted by Crippen LogP contribution is 2.33. The Morgan fingerprint density at radius 2 is 1.76 bits per heavy atom. The fourth-order valence-corrected chi connectivity index (χ4v) is 4.39. The molecule has 33 heavy (non-hydrogen) atoms.